The van der Waals surface area contributed by atoms with Gasteiger partial charge in [0.25, 0.3) is 5.91 Å². The third-order valence-corrected chi connectivity index (χ3v) is 5.76. The summed E-state index contributed by atoms with van der Waals surface area (Å²) in [5.41, 5.74) is 5.79. The van der Waals surface area contributed by atoms with Crippen molar-refractivity contribution in [2.24, 2.45) is 0 Å². The quantitative estimate of drug-likeness (QED) is 0.597. The lowest BCUT2D eigenvalue weighted by molar-refractivity contribution is 0.0986. The number of hydrogen-bond acceptors (Lipinski definition) is 5. The van der Waals surface area contributed by atoms with Crippen molar-refractivity contribution in [3.05, 3.63) is 77.9 Å². The zero-order valence-corrected chi connectivity index (χ0v) is 18.7. The van der Waals surface area contributed by atoms with Crippen molar-refractivity contribution in [2.45, 2.75) is 45.6 Å². The molecule has 6 heteroatoms. The molecule has 0 spiro atoms. The first-order valence-electron chi connectivity index (χ1n) is 11.4. The van der Waals surface area contributed by atoms with Gasteiger partial charge in [-0.05, 0) is 73.8 Å². The van der Waals surface area contributed by atoms with E-state index in [1.807, 2.05) is 30.3 Å². The summed E-state index contributed by atoms with van der Waals surface area (Å²) in [5, 5.41) is 7.03. The number of benzene rings is 1. The number of aromatic nitrogens is 2. The number of amides is 1. The summed E-state index contributed by atoms with van der Waals surface area (Å²) in [6.07, 6.45) is 12.8. The third-order valence-electron chi connectivity index (χ3n) is 5.76. The Kier molecular flexibility index (Phi) is 7.46. The largest absolute Gasteiger partial charge is 0.354 e. The Morgan fingerprint density at radius 2 is 1.75 bits per heavy atom. The molecule has 0 saturated heterocycles. The van der Waals surface area contributed by atoms with Crippen LogP contribution in [0.25, 0.3) is 0 Å². The van der Waals surface area contributed by atoms with Crippen LogP contribution in [0, 0.1) is 6.92 Å². The van der Waals surface area contributed by atoms with E-state index in [-0.39, 0.29) is 5.91 Å². The molecule has 0 unspecified atom stereocenters. The van der Waals surface area contributed by atoms with Gasteiger partial charge < -0.3 is 15.5 Å². The average Bonchev–Trinajstić information content (AvgIpc) is 2.80. The molecule has 6 nitrogen and oxygen atoms in total. The summed E-state index contributed by atoms with van der Waals surface area (Å²) < 4.78 is 0. The highest BCUT2D eigenvalue weighted by atomic mass is 16.2. The maximum absolute atomic E-state index is 13.4. The molecule has 1 amide bonds. The van der Waals surface area contributed by atoms with Gasteiger partial charge in [-0.15, -0.1) is 0 Å². The van der Waals surface area contributed by atoms with Crippen molar-refractivity contribution in [1.82, 2.24) is 15.3 Å². The first-order valence-corrected chi connectivity index (χ1v) is 11.4. The van der Waals surface area contributed by atoms with E-state index in [2.05, 4.69) is 38.8 Å². The number of pyridine rings is 2. The van der Waals surface area contributed by atoms with E-state index in [4.69, 9.17) is 0 Å². The standard InChI is InChI=1S/C26H31N5O/c1-20-15-24(19-29-17-20)30-23-7-8-25-22(16-23)18-28-11-5-3-2-4-6-14-31(25)26(32)21-9-12-27-13-10-21/h7-10,12-13,15-17,19,28,30H,2-6,11,14,18H2,1H3. The SMILES string of the molecule is Cc1cncc(Nc2ccc3c(c2)CNCCCCCCCN3C(=O)c2ccncc2)c1. The van der Waals surface area contributed by atoms with Gasteiger partial charge in [-0.2, -0.15) is 0 Å². The fourth-order valence-electron chi connectivity index (χ4n) is 4.11. The third kappa shape index (κ3) is 5.71. The summed E-state index contributed by atoms with van der Waals surface area (Å²) in [6, 6.07) is 11.9. The Balaban J connectivity index is 1.67. The molecule has 3 heterocycles. The molecule has 2 N–H and O–H groups in total. The molecule has 0 atom stereocenters. The van der Waals surface area contributed by atoms with Gasteiger partial charge in [0, 0.05) is 48.6 Å². The monoisotopic (exact) mass is 429 g/mol. The molecule has 32 heavy (non-hydrogen) atoms. The topological polar surface area (TPSA) is 70.2 Å². The van der Waals surface area contributed by atoms with Crippen LogP contribution in [-0.4, -0.2) is 29.0 Å². The summed E-state index contributed by atoms with van der Waals surface area (Å²) in [4.78, 5) is 23.7. The highest BCUT2D eigenvalue weighted by Gasteiger charge is 2.21. The van der Waals surface area contributed by atoms with E-state index in [0.717, 1.165) is 54.1 Å². The van der Waals surface area contributed by atoms with Gasteiger partial charge in [-0.3, -0.25) is 14.8 Å². The Hall–Kier alpha value is -3.25. The van der Waals surface area contributed by atoms with Crippen LogP contribution in [0.4, 0.5) is 17.1 Å². The molecule has 0 radical (unpaired) electrons. The van der Waals surface area contributed by atoms with Crippen molar-refractivity contribution >= 4 is 23.0 Å². The zero-order valence-electron chi connectivity index (χ0n) is 18.7. The number of aryl methyl sites for hydroxylation is 1. The minimum Gasteiger partial charge on any atom is -0.354 e. The molecule has 166 valence electrons. The number of hydrogen-bond donors (Lipinski definition) is 2. The molecule has 2 aromatic heterocycles. The fraction of sp³-hybridized carbons (Fsp3) is 0.346. The predicted octanol–water partition coefficient (Wildman–Crippen LogP) is 5.23. The molecule has 1 aromatic carbocycles. The number of nitrogens with one attached hydrogen (secondary N) is 2. The second kappa shape index (κ2) is 10.9. The van der Waals surface area contributed by atoms with Crippen molar-refractivity contribution in [2.75, 3.05) is 23.3 Å². The Morgan fingerprint density at radius 1 is 0.938 bits per heavy atom. The second-order valence-corrected chi connectivity index (χ2v) is 8.36. The highest BCUT2D eigenvalue weighted by Crippen LogP contribution is 2.28. The lowest BCUT2D eigenvalue weighted by Gasteiger charge is -2.27. The van der Waals surface area contributed by atoms with E-state index in [1.165, 1.54) is 19.3 Å². The summed E-state index contributed by atoms with van der Waals surface area (Å²) in [5.74, 6) is 0.0225. The van der Waals surface area contributed by atoms with Crippen LogP contribution >= 0.6 is 0 Å². The minimum absolute atomic E-state index is 0.0225. The van der Waals surface area contributed by atoms with Crippen molar-refractivity contribution in [3.8, 4) is 0 Å². The number of carbonyl (C=O) groups is 1. The normalized spacial score (nSPS) is 15.2. The van der Waals surface area contributed by atoms with E-state index in [1.54, 1.807) is 24.5 Å². The van der Waals surface area contributed by atoms with Gasteiger partial charge in [-0.1, -0.05) is 19.3 Å². The lowest BCUT2D eigenvalue weighted by Crippen LogP contribution is -2.33. The average molecular weight is 430 g/mol. The second-order valence-electron chi connectivity index (χ2n) is 8.36. The van der Waals surface area contributed by atoms with Crippen LogP contribution in [0.1, 0.15) is 53.6 Å². The summed E-state index contributed by atoms with van der Waals surface area (Å²) >= 11 is 0. The van der Waals surface area contributed by atoms with Gasteiger partial charge in [0.1, 0.15) is 0 Å². The smallest absolute Gasteiger partial charge is 0.258 e. The summed E-state index contributed by atoms with van der Waals surface area (Å²) in [6.45, 7) is 4.44. The molecule has 0 bridgehead atoms. The van der Waals surface area contributed by atoms with Gasteiger partial charge in [0.15, 0.2) is 0 Å². The Labute approximate surface area is 190 Å². The van der Waals surface area contributed by atoms with Gasteiger partial charge in [0.05, 0.1) is 11.9 Å². The first-order chi connectivity index (χ1) is 15.7. The molecule has 0 saturated carbocycles. The maximum Gasteiger partial charge on any atom is 0.258 e. The van der Waals surface area contributed by atoms with Crippen LogP contribution in [0.2, 0.25) is 0 Å². The number of carbonyl (C=O) groups excluding carboxylic acids is 1. The number of anilines is 3. The molecule has 3 aromatic rings. The molecule has 0 fully saturated rings. The van der Waals surface area contributed by atoms with Gasteiger partial charge >= 0.3 is 0 Å². The molecule has 1 aliphatic heterocycles. The minimum atomic E-state index is 0.0225. The zero-order chi connectivity index (χ0) is 22.2. The Bertz CT molecular complexity index is 1040. The molecular formula is C26H31N5O. The van der Waals surface area contributed by atoms with Gasteiger partial charge in [-0.25, -0.2) is 0 Å². The van der Waals surface area contributed by atoms with Crippen molar-refractivity contribution in [1.29, 1.82) is 0 Å². The molecule has 1 aliphatic rings. The fourth-order valence-corrected chi connectivity index (χ4v) is 4.11. The maximum atomic E-state index is 13.4. The first kappa shape index (κ1) is 22.0. The van der Waals surface area contributed by atoms with E-state index < -0.39 is 0 Å². The van der Waals surface area contributed by atoms with Crippen LogP contribution < -0.4 is 15.5 Å². The highest BCUT2D eigenvalue weighted by molar-refractivity contribution is 6.06. The van der Waals surface area contributed by atoms with Crippen LogP contribution in [0.5, 0.6) is 0 Å². The number of rotatable bonds is 3. The van der Waals surface area contributed by atoms with E-state index >= 15 is 0 Å². The predicted molar refractivity (Wildman–Crippen MR) is 129 cm³/mol. The van der Waals surface area contributed by atoms with Crippen LogP contribution in [-0.2, 0) is 6.54 Å². The van der Waals surface area contributed by atoms with E-state index in [0.29, 0.717) is 12.1 Å². The Morgan fingerprint density at radius 3 is 2.59 bits per heavy atom. The molecule has 0 aliphatic carbocycles. The summed E-state index contributed by atoms with van der Waals surface area (Å²) in [7, 11) is 0. The van der Waals surface area contributed by atoms with Crippen molar-refractivity contribution < 1.29 is 4.79 Å². The van der Waals surface area contributed by atoms with Crippen LogP contribution in [0.15, 0.2) is 61.2 Å². The van der Waals surface area contributed by atoms with E-state index in [9.17, 15) is 4.79 Å². The van der Waals surface area contributed by atoms with Crippen LogP contribution in [0.3, 0.4) is 0 Å². The van der Waals surface area contributed by atoms with Gasteiger partial charge in [0.2, 0.25) is 0 Å². The lowest BCUT2D eigenvalue weighted by atomic mass is 10.1. The number of nitrogens with zero attached hydrogens (tertiary/aromatic N) is 3. The molecular weight excluding hydrogens is 398 g/mol. The molecule has 4 rings (SSSR count). The number of fused-ring (bicyclic) bond motifs is 1. The van der Waals surface area contributed by atoms with Crippen molar-refractivity contribution in [3.63, 3.8) is 0 Å².